The lowest BCUT2D eigenvalue weighted by molar-refractivity contribution is -0.159. The average Bonchev–Trinajstić information content (AvgIpc) is 2.84. The minimum Gasteiger partial charge on any atom is -0.494 e. The topological polar surface area (TPSA) is 106 Å². The minimum atomic E-state index is -0.527. The summed E-state index contributed by atoms with van der Waals surface area (Å²) in [5.74, 6) is -0.333. The second kappa shape index (κ2) is 10.5. The van der Waals surface area contributed by atoms with E-state index in [4.69, 9.17) is 21.1 Å². The smallest absolute Gasteiger partial charge is 0.320 e. The molecule has 36 heavy (non-hydrogen) atoms. The molecule has 1 aliphatic heterocycles. The van der Waals surface area contributed by atoms with E-state index in [2.05, 4.69) is 20.6 Å². The van der Waals surface area contributed by atoms with Crippen molar-refractivity contribution in [2.75, 3.05) is 37.4 Å². The van der Waals surface area contributed by atoms with E-state index in [0.717, 1.165) is 0 Å². The Labute approximate surface area is 212 Å². The molecule has 2 aromatic carbocycles. The molecule has 2 heterocycles. The highest BCUT2D eigenvalue weighted by molar-refractivity contribution is 6.31. The Kier molecular flexibility index (Phi) is 7.37. The number of carbonyl (C=O) groups is 2. The van der Waals surface area contributed by atoms with Gasteiger partial charge in [-0.05, 0) is 38.1 Å². The van der Waals surface area contributed by atoms with Crippen LogP contribution in [0, 0.1) is 5.82 Å². The number of halogens is 2. The van der Waals surface area contributed by atoms with Gasteiger partial charge in [0.2, 0.25) is 5.91 Å². The summed E-state index contributed by atoms with van der Waals surface area (Å²) in [5.41, 5.74) is 1.20. The summed E-state index contributed by atoms with van der Waals surface area (Å²) in [6.45, 7) is 4.81. The van der Waals surface area contributed by atoms with E-state index < -0.39 is 5.82 Å². The highest BCUT2D eigenvalue weighted by Crippen LogP contribution is 2.33. The van der Waals surface area contributed by atoms with Crippen LogP contribution in [0.15, 0.2) is 48.8 Å². The predicted octanol–water partition coefficient (Wildman–Crippen LogP) is 4.31. The highest BCUT2D eigenvalue weighted by atomic mass is 35.5. The quantitative estimate of drug-likeness (QED) is 0.356. The number of amides is 1. The molecule has 11 heteroatoms. The molecule has 1 aliphatic rings. The van der Waals surface area contributed by atoms with E-state index >= 15 is 0 Å². The average molecular weight is 514 g/mol. The maximum Gasteiger partial charge on any atom is 0.320 e. The minimum absolute atomic E-state index is 0.0235. The highest BCUT2D eigenvalue weighted by Gasteiger charge is 2.33. The Morgan fingerprint density at radius 1 is 1.31 bits per heavy atom. The summed E-state index contributed by atoms with van der Waals surface area (Å²) in [7, 11) is 1.49. The number of methoxy groups -OCH3 is 1. The standard InChI is InChI=1S/C25H25ClFN5O4/c1-25(2)13-36-23(34)12-32(25)8-4-5-22(33)31-20-10-16-19(11-21(20)35-3)28-14-29-24(16)30-15-6-7-18(27)17(26)9-15/h4-7,9-11,14H,8,12-13H2,1-3H3,(H,31,33)(H,28,29,30)/b5-4+. The number of ether oxygens (including phenoxy) is 2. The van der Waals surface area contributed by atoms with Crippen LogP contribution in [0.2, 0.25) is 5.02 Å². The Hall–Kier alpha value is -3.76. The van der Waals surface area contributed by atoms with Crippen LogP contribution in [0.1, 0.15) is 13.8 Å². The maximum absolute atomic E-state index is 13.5. The molecular weight excluding hydrogens is 489 g/mol. The summed E-state index contributed by atoms with van der Waals surface area (Å²) in [5, 5.41) is 6.50. The number of cyclic esters (lactones) is 1. The number of nitrogens with one attached hydrogen (secondary N) is 2. The lowest BCUT2D eigenvalue weighted by Crippen LogP contribution is -2.54. The fourth-order valence-electron chi connectivity index (χ4n) is 3.70. The molecular formula is C25H25ClFN5O4. The second-order valence-corrected chi connectivity index (χ2v) is 9.20. The van der Waals surface area contributed by atoms with Crippen molar-refractivity contribution >= 4 is 51.6 Å². The number of aromatic nitrogens is 2. The predicted molar refractivity (Wildman–Crippen MR) is 135 cm³/mol. The fraction of sp³-hybridized carbons (Fsp3) is 0.280. The third-order valence-electron chi connectivity index (χ3n) is 5.75. The Balaban J connectivity index is 1.54. The van der Waals surface area contributed by atoms with Crippen molar-refractivity contribution in [2.45, 2.75) is 19.4 Å². The first-order chi connectivity index (χ1) is 17.2. The zero-order valence-corrected chi connectivity index (χ0v) is 20.7. The van der Waals surface area contributed by atoms with Crippen LogP contribution in [0.3, 0.4) is 0 Å². The van der Waals surface area contributed by atoms with Crippen LogP contribution in [0.4, 0.5) is 21.6 Å². The van der Waals surface area contributed by atoms with Crippen molar-refractivity contribution in [1.29, 1.82) is 0 Å². The normalized spacial score (nSPS) is 15.6. The number of esters is 1. The number of morpholine rings is 1. The third-order valence-corrected chi connectivity index (χ3v) is 6.04. The zero-order valence-electron chi connectivity index (χ0n) is 20.0. The van der Waals surface area contributed by atoms with Gasteiger partial charge in [0, 0.05) is 29.8 Å². The molecule has 1 saturated heterocycles. The van der Waals surface area contributed by atoms with Gasteiger partial charge in [0.25, 0.3) is 0 Å². The van der Waals surface area contributed by atoms with Crippen LogP contribution in [0.25, 0.3) is 10.9 Å². The van der Waals surface area contributed by atoms with Crippen molar-refractivity contribution in [3.8, 4) is 5.75 Å². The number of benzene rings is 2. The number of rotatable bonds is 7. The zero-order chi connectivity index (χ0) is 25.9. The molecule has 188 valence electrons. The Morgan fingerprint density at radius 3 is 2.86 bits per heavy atom. The summed E-state index contributed by atoms with van der Waals surface area (Å²) in [6, 6.07) is 7.61. The van der Waals surface area contributed by atoms with Crippen LogP contribution in [0.5, 0.6) is 5.75 Å². The number of nitrogens with zero attached hydrogens (tertiary/aromatic N) is 3. The van der Waals surface area contributed by atoms with Crippen molar-refractivity contribution in [3.63, 3.8) is 0 Å². The van der Waals surface area contributed by atoms with E-state index in [1.54, 1.807) is 18.2 Å². The number of carbonyl (C=O) groups excluding carboxylic acids is 2. The van der Waals surface area contributed by atoms with Gasteiger partial charge in [-0.3, -0.25) is 14.5 Å². The van der Waals surface area contributed by atoms with E-state index in [9.17, 15) is 14.0 Å². The molecule has 2 N–H and O–H groups in total. The van der Waals surface area contributed by atoms with Gasteiger partial charge in [-0.15, -0.1) is 0 Å². The maximum atomic E-state index is 13.5. The molecule has 0 spiro atoms. The molecule has 0 bridgehead atoms. The van der Waals surface area contributed by atoms with Gasteiger partial charge in [-0.25, -0.2) is 14.4 Å². The van der Waals surface area contributed by atoms with Gasteiger partial charge in [0.05, 0.1) is 35.4 Å². The lowest BCUT2D eigenvalue weighted by atomic mass is 10.0. The van der Waals surface area contributed by atoms with Crippen molar-refractivity contribution < 1.29 is 23.5 Å². The molecule has 1 aromatic heterocycles. The van der Waals surface area contributed by atoms with Gasteiger partial charge >= 0.3 is 5.97 Å². The molecule has 3 aromatic rings. The molecule has 1 amide bonds. The molecule has 0 radical (unpaired) electrons. The van der Waals surface area contributed by atoms with Crippen molar-refractivity contribution in [1.82, 2.24) is 14.9 Å². The van der Waals surface area contributed by atoms with Crippen LogP contribution < -0.4 is 15.4 Å². The molecule has 0 atom stereocenters. The second-order valence-electron chi connectivity index (χ2n) is 8.79. The molecule has 0 saturated carbocycles. The van der Waals surface area contributed by atoms with Gasteiger partial charge in [-0.1, -0.05) is 17.7 Å². The monoisotopic (exact) mass is 513 g/mol. The number of hydrogen-bond donors (Lipinski definition) is 2. The van der Waals surface area contributed by atoms with Crippen LogP contribution >= 0.6 is 11.6 Å². The summed E-state index contributed by atoms with van der Waals surface area (Å²) >= 11 is 5.89. The van der Waals surface area contributed by atoms with Gasteiger partial charge in [0.15, 0.2) is 0 Å². The van der Waals surface area contributed by atoms with E-state index in [-0.39, 0.29) is 29.0 Å². The number of fused-ring (bicyclic) bond motifs is 1. The fourth-order valence-corrected chi connectivity index (χ4v) is 3.88. The summed E-state index contributed by atoms with van der Waals surface area (Å²) < 4.78 is 24.1. The van der Waals surface area contributed by atoms with E-state index in [0.29, 0.717) is 47.0 Å². The SMILES string of the molecule is COc1cc2ncnc(Nc3ccc(F)c(Cl)c3)c2cc1NC(=O)/C=C/CN1CC(=O)OCC1(C)C. The van der Waals surface area contributed by atoms with Crippen molar-refractivity contribution in [2.24, 2.45) is 0 Å². The Bertz CT molecular complexity index is 1350. The summed E-state index contributed by atoms with van der Waals surface area (Å²) in [4.78, 5) is 34.8. The largest absolute Gasteiger partial charge is 0.494 e. The summed E-state index contributed by atoms with van der Waals surface area (Å²) in [6.07, 6.45) is 4.48. The van der Waals surface area contributed by atoms with E-state index in [1.165, 1.54) is 37.7 Å². The van der Waals surface area contributed by atoms with Crippen LogP contribution in [-0.4, -0.2) is 59.1 Å². The molecule has 0 unspecified atom stereocenters. The number of anilines is 3. The number of hydrogen-bond acceptors (Lipinski definition) is 8. The molecule has 4 rings (SSSR count). The van der Waals surface area contributed by atoms with Gasteiger partial charge in [-0.2, -0.15) is 0 Å². The molecule has 0 aliphatic carbocycles. The lowest BCUT2D eigenvalue weighted by Gasteiger charge is -2.40. The first-order valence-electron chi connectivity index (χ1n) is 11.1. The van der Waals surface area contributed by atoms with Gasteiger partial charge in [0.1, 0.15) is 30.3 Å². The van der Waals surface area contributed by atoms with Crippen LogP contribution in [-0.2, 0) is 14.3 Å². The molecule has 9 nitrogen and oxygen atoms in total. The van der Waals surface area contributed by atoms with Gasteiger partial charge < -0.3 is 20.1 Å². The molecule has 1 fully saturated rings. The van der Waals surface area contributed by atoms with Crippen molar-refractivity contribution in [3.05, 3.63) is 59.7 Å². The van der Waals surface area contributed by atoms with E-state index in [1.807, 2.05) is 18.7 Å². The first kappa shape index (κ1) is 25.3. The third kappa shape index (κ3) is 5.72. The first-order valence-corrected chi connectivity index (χ1v) is 11.5. The Morgan fingerprint density at radius 2 is 2.11 bits per heavy atom.